The molecule has 1 nitrogen and oxygen atoms in total. The summed E-state index contributed by atoms with van der Waals surface area (Å²) in [7, 11) is -0.562. The number of allylic oxidation sites excluding steroid dienone is 5. The minimum Gasteiger partial charge on any atom is -0.515 e. The largest absolute Gasteiger partial charge is 0.515 e. The SMILES string of the molecule is OC=C1C=CC(P(c2ccccc2)c2ccccc2)=C1. The summed E-state index contributed by atoms with van der Waals surface area (Å²) in [6.45, 7) is 0. The molecule has 0 radical (unpaired) electrons. The van der Waals surface area contributed by atoms with Crippen molar-refractivity contribution < 1.29 is 5.11 Å². The van der Waals surface area contributed by atoms with Crippen LogP contribution in [0.15, 0.2) is 96.0 Å². The number of aliphatic hydroxyl groups excluding tert-OH is 1. The molecule has 98 valence electrons. The Morgan fingerprint density at radius 2 is 1.30 bits per heavy atom. The maximum atomic E-state index is 9.16. The molecule has 0 aliphatic heterocycles. The van der Waals surface area contributed by atoms with Crippen molar-refractivity contribution in [3.8, 4) is 0 Å². The van der Waals surface area contributed by atoms with Crippen LogP contribution in [0.3, 0.4) is 0 Å². The van der Waals surface area contributed by atoms with Crippen molar-refractivity contribution in [3.63, 3.8) is 0 Å². The smallest absolute Gasteiger partial charge is 0.0864 e. The average molecular weight is 278 g/mol. The van der Waals surface area contributed by atoms with Gasteiger partial charge in [-0.15, -0.1) is 0 Å². The van der Waals surface area contributed by atoms with Crippen molar-refractivity contribution in [1.29, 1.82) is 0 Å². The number of aliphatic hydroxyl groups is 1. The summed E-state index contributed by atoms with van der Waals surface area (Å²) in [6.07, 6.45) is 7.28. The van der Waals surface area contributed by atoms with E-state index in [4.69, 9.17) is 5.11 Å². The second kappa shape index (κ2) is 5.90. The lowest BCUT2D eigenvalue weighted by atomic mass is 10.3. The molecule has 0 spiro atoms. The van der Waals surface area contributed by atoms with E-state index in [1.807, 2.05) is 18.2 Å². The van der Waals surface area contributed by atoms with E-state index in [1.165, 1.54) is 15.9 Å². The highest BCUT2D eigenvalue weighted by atomic mass is 31.1. The van der Waals surface area contributed by atoms with Gasteiger partial charge in [0.15, 0.2) is 0 Å². The first-order chi connectivity index (χ1) is 9.88. The molecule has 0 saturated carbocycles. The van der Waals surface area contributed by atoms with Gasteiger partial charge in [0.25, 0.3) is 0 Å². The van der Waals surface area contributed by atoms with Gasteiger partial charge in [-0.2, -0.15) is 0 Å². The summed E-state index contributed by atoms with van der Waals surface area (Å²) in [5.41, 5.74) is 0.861. The van der Waals surface area contributed by atoms with Gasteiger partial charge in [-0.25, -0.2) is 0 Å². The molecule has 0 aromatic heterocycles. The predicted octanol–water partition coefficient (Wildman–Crippen LogP) is 4.01. The molecule has 1 aliphatic rings. The van der Waals surface area contributed by atoms with Gasteiger partial charge < -0.3 is 5.11 Å². The molecule has 0 unspecified atom stereocenters. The summed E-state index contributed by atoms with van der Waals surface area (Å²) in [4.78, 5) is 0. The fraction of sp³-hybridized carbons (Fsp3) is 0. The van der Waals surface area contributed by atoms with Gasteiger partial charge in [0.1, 0.15) is 0 Å². The Hall–Kier alpha value is -2.11. The first-order valence-corrected chi connectivity index (χ1v) is 7.87. The quantitative estimate of drug-likeness (QED) is 0.664. The maximum absolute atomic E-state index is 9.16. The van der Waals surface area contributed by atoms with Crippen LogP contribution < -0.4 is 10.6 Å². The molecule has 20 heavy (non-hydrogen) atoms. The van der Waals surface area contributed by atoms with E-state index in [9.17, 15) is 0 Å². The fourth-order valence-corrected chi connectivity index (χ4v) is 4.61. The first-order valence-electron chi connectivity index (χ1n) is 6.53. The third kappa shape index (κ3) is 2.59. The Balaban J connectivity index is 2.09. The standard InChI is InChI=1S/C18H15OP/c19-14-15-11-12-18(13-15)20(16-7-3-1-4-8-16)17-9-5-2-6-10-17/h1-14,19H. The molecule has 0 amide bonds. The van der Waals surface area contributed by atoms with Crippen LogP contribution >= 0.6 is 7.92 Å². The van der Waals surface area contributed by atoms with Gasteiger partial charge in [0.05, 0.1) is 6.26 Å². The highest BCUT2D eigenvalue weighted by Crippen LogP contribution is 2.45. The normalized spacial score (nSPS) is 15.8. The summed E-state index contributed by atoms with van der Waals surface area (Å²) in [5.74, 6) is 0. The van der Waals surface area contributed by atoms with Crippen molar-refractivity contribution >= 4 is 18.5 Å². The maximum Gasteiger partial charge on any atom is 0.0864 e. The minimum absolute atomic E-state index is 0.562. The number of rotatable bonds is 3. The van der Waals surface area contributed by atoms with E-state index in [1.54, 1.807) is 0 Å². The number of hydrogen-bond acceptors (Lipinski definition) is 1. The molecule has 0 fully saturated rings. The highest BCUT2D eigenvalue weighted by Gasteiger charge is 2.19. The van der Waals surface area contributed by atoms with Gasteiger partial charge in [-0.05, 0) is 29.9 Å². The number of hydrogen-bond donors (Lipinski definition) is 1. The number of benzene rings is 2. The second-order valence-electron chi connectivity index (χ2n) is 4.54. The van der Waals surface area contributed by atoms with Crippen LogP contribution in [-0.2, 0) is 0 Å². The van der Waals surface area contributed by atoms with Crippen LogP contribution in [0.5, 0.6) is 0 Å². The Labute approximate surface area is 120 Å². The lowest BCUT2D eigenvalue weighted by Crippen LogP contribution is -2.11. The van der Waals surface area contributed by atoms with E-state index >= 15 is 0 Å². The van der Waals surface area contributed by atoms with Gasteiger partial charge in [-0.1, -0.05) is 72.8 Å². The summed E-state index contributed by atoms with van der Waals surface area (Å²) in [6, 6.07) is 21.1. The van der Waals surface area contributed by atoms with Gasteiger partial charge in [0, 0.05) is 5.57 Å². The minimum atomic E-state index is -0.562. The average Bonchev–Trinajstić information content (AvgIpc) is 2.98. The zero-order valence-corrected chi connectivity index (χ0v) is 11.9. The van der Waals surface area contributed by atoms with Crippen LogP contribution in [0, 0.1) is 0 Å². The molecule has 0 atom stereocenters. The van der Waals surface area contributed by atoms with E-state index < -0.39 is 7.92 Å². The molecule has 0 heterocycles. The predicted molar refractivity (Wildman–Crippen MR) is 87.0 cm³/mol. The van der Waals surface area contributed by atoms with Gasteiger partial charge in [-0.3, -0.25) is 0 Å². The van der Waals surface area contributed by atoms with Crippen LogP contribution in [-0.4, -0.2) is 5.11 Å². The molecular weight excluding hydrogens is 263 g/mol. The van der Waals surface area contributed by atoms with E-state index in [2.05, 4.69) is 60.7 Å². The van der Waals surface area contributed by atoms with Crippen LogP contribution in [0.4, 0.5) is 0 Å². The molecule has 2 aromatic rings. The van der Waals surface area contributed by atoms with Crippen molar-refractivity contribution in [2.75, 3.05) is 0 Å². The zero-order valence-electron chi connectivity index (χ0n) is 11.0. The molecule has 1 N–H and O–H groups in total. The lowest BCUT2D eigenvalue weighted by molar-refractivity contribution is 0.471. The Kier molecular flexibility index (Phi) is 3.80. The molecule has 0 bridgehead atoms. The third-order valence-corrected chi connectivity index (χ3v) is 5.62. The highest BCUT2D eigenvalue weighted by molar-refractivity contribution is 7.77. The molecule has 3 rings (SSSR count). The van der Waals surface area contributed by atoms with E-state index in [0.29, 0.717) is 0 Å². The van der Waals surface area contributed by atoms with Gasteiger partial charge in [0.2, 0.25) is 0 Å². The van der Waals surface area contributed by atoms with Crippen molar-refractivity contribution in [2.45, 2.75) is 0 Å². The Bertz CT molecular complexity index is 630. The van der Waals surface area contributed by atoms with Crippen LogP contribution in [0.2, 0.25) is 0 Å². The second-order valence-corrected chi connectivity index (χ2v) is 6.76. The van der Waals surface area contributed by atoms with Crippen LogP contribution in [0.1, 0.15) is 0 Å². The van der Waals surface area contributed by atoms with Crippen molar-refractivity contribution in [2.24, 2.45) is 0 Å². The van der Waals surface area contributed by atoms with Crippen molar-refractivity contribution in [3.05, 3.63) is 96.0 Å². The van der Waals surface area contributed by atoms with Crippen LogP contribution in [0.25, 0.3) is 0 Å². The summed E-state index contributed by atoms with van der Waals surface area (Å²) >= 11 is 0. The Morgan fingerprint density at radius 1 is 0.750 bits per heavy atom. The first kappa shape index (κ1) is 12.9. The monoisotopic (exact) mass is 278 g/mol. The van der Waals surface area contributed by atoms with E-state index in [-0.39, 0.29) is 0 Å². The van der Waals surface area contributed by atoms with Gasteiger partial charge >= 0.3 is 0 Å². The fourth-order valence-electron chi connectivity index (χ4n) is 2.27. The molecular formula is C18H15OP. The molecule has 2 heteroatoms. The molecule has 1 aliphatic carbocycles. The summed E-state index contributed by atoms with van der Waals surface area (Å²) in [5, 5.41) is 13.1. The molecule has 0 saturated heterocycles. The van der Waals surface area contributed by atoms with Crippen molar-refractivity contribution in [1.82, 2.24) is 0 Å². The zero-order chi connectivity index (χ0) is 13.8. The Morgan fingerprint density at radius 3 is 1.75 bits per heavy atom. The topological polar surface area (TPSA) is 20.2 Å². The van der Waals surface area contributed by atoms with E-state index in [0.717, 1.165) is 11.8 Å². The third-order valence-electron chi connectivity index (χ3n) is 3.20. The molecule has 2 aromatic carbocycles. The summed E-state index contributed by atoms with van der Waals surface area (Å²) < 4.78 is 0. The lowest BCUT2D eigenvalue weighted by Gasteiger charge is -2.18.